The zero-order chi connectivity index (χ0) is 17.2. The number of carbonyl (C=O) groups excluding carboxylic acids is 1. The van der Waals surface area contributed by atoms with E-state index in [-0.39, 0.29) is 11.9 Å². The van der Waals surface area contributed by atoms with Crippen molar-refractivity contribution in [3.8, 4) is 0 Å². The molecular formula is C18H16ClN3OS2. The standard InChI is InChI=1S/C18H16ClN3OS2/c19-18-13(3-1-7-20-18)21-16(23)11-22-8-5-14-12(6-10-25-14)17(22)15-4-2-9-24-15/h1-4,6-7,9-10,17H,5,8,11H2,(H,21,23)/t17-/m0/s1. The molecule has 1 aliphatic heterocycles. The molecule has 1 N–H and O–H groups in total. The molecule has 0 aliphatic carbocycles. The van der Waals surface area contributed by atoms with E-state index in [0.717, 1.165) is 13.0 Å². The highest BCUT2D eigenvalue weighted by Gasteiger charge is 2.31. The summed E-state index contributed by atoms with van der Waals surface area (Å²) in [6, 6.07) is 10.1. The van der Waals surface area contributed by atoms with Gasteiger partial charge in [-0.25, -0.2) is 4.98 Å². The van der Waals surface area contributed by atoms with Gasteiger partial charge in [0, 0.05) is 22.5 Å². The Bertz CT molecular complexity index is 878. The summed E-state index contributed by atoms with van der Waals surface area (Å²) in [6.45, 7) is 1.19. The van der Waals surface area contributed by atoms with Crippen LogP contribution in [-0.2, 0) is 11.2 Å². The molecule has 1 aliphatic rings. The van der Waals surface area contributed by atoms with Crippen LogP contribution in [0.3, 0.4) is 0 Å². The average molecular weight is 390 g/mol. The maximum atomic E-state index is 12.6. The third-order valence-electron chi connectivity index (χ3n) is 4.26. The Balaban J connectivity index is 1.55. The van der Waals surface area contributed by atoms with Crippen LogP contribution in [-0.4, -0.2) is 28.9 Å². The number of anilines is 1. The number of hydrogen-bond acceptors (Lipinski definition) is 5. The molecular weight excluding hydrogens is 374 g/mol. The predicted octanol–water partition coefficient (Wildman–Crippen LogP) is 4.44. The van der Waals surface area contributed by atoms with Gasteiger partial charge >= 0.3 is 0 Å². The van der Waals surface area contributed by atoms with Crippen LogP contribution in [0.4, 0.5) is 5.69 Å². The summed E-state index contributed by atoms with van der Waals surface area (Å²) >= 11 is 9.57. The molecule has 0 bridgehead atoms. The number of halogens is 1. The fourth-order valence-corrected chi connectivity index (χ4v) is 5.12. The molecule has 0 aromatic carbocycles. The van der Waals surface area contributed by atoms with Gasteiger partial charge in [-0.2, -0.15) is 0 Å². The van der Waals surface area contributed by atoms with E-state index in [1.54, 1.807) is 41.0 Å². The van der Waals surface area contributed by atoms with Crippen molar-refractivity contribution in [2.45, 2.75) is 12.5 Å². The van der Waals surface area contributed by atoms with Gasteiger partial charge in [0.25, 0.3) is 0 Å². The van der Waals surface area contributed by atoms with E-state index in [4.69, 9.17) is 11.6 Å². The van der Waals surface area contributed by atoms with Gasteiger partial charge in [0.05, 0.1) is 18.3 Å². The van der Waals surface area contributed by atoms with E-state index in [1.807, 2.05) is 0 Å². The van der Waals surface area contributed by atoms with Crippen LogP contribution in [0.1, 0.15) is 21.4 Å². The smallest absolute Gasteiger partial charge is 0.238 e. The maximum absolute atomic E-state index is 12.6. The Morgan fingerprint density at radius 3 is 3.00 bits per heavy atom. The molecule has 0 saturated carbocycles. The van der Waals surface area contributed by atoms with Crippen molar-refractivity contribution in [2.75, 3.05) is 18.4 Å². The fourth-order valence-electron chi connectivity index (χ4n) is 3.17. The van der Waals surface area contributed by atoms with Gasteiger partial charge in [0.2, 0.25) is 5.91 Å². The predicted molar refractivity (Wildman–Crippen MR) is 104 cm³/mol. The Morgan fingerprint density at radius 2 is 2.20 bits per heavy atom. The normalized spacial score (nSPS) is 17.2. The van der Waals surface area contributed by atoms with Crippen molar-refractivity contribution in [2.24, 2.45) is 0 Å². The Kier molecular flexibility index (Phi) is 4.85. The number of hydrogen-bond donors (Lipinski definition) is 1. The summed E-state index contributed by atoms with van der Waals surface area (Å²) in [5, 5.41) is 7.41. The van der Waals surface area contributed by atoms with Gasteiger partial charge in [0.1, 0.15) is 0 Å². The molecule has 25 heavy (non-hydrogen) atoms. The van der Waals surface area contributed by atoms with Crippen LogP contribution in [0.2, 0.25) is 5.15 Å². The summed E-state index contributed by atoms with van der Waals surface area (Å²) in [6.07, 6.45) is 2.59. The van der Waals surface area contributed by atoms with Crippen LogP contribution in [0.25, 0.3) is 0 Å². The van der Waals surface area contributed by atoms with Crippen molar-refractivity contribution >= 4 is 45.9 Å². The molecule has 4 nitrogen and oxygen atoms in total. The molecule has 1 amide bonds. The van der Waals surface area contributed by atoms with Gasteiger partial charge < -0.3 is 5.32 Å². The molecule has 128 valence electrons. The van der Waals surface area contributed by atoms with Gasteiger partial charge in [-0.05, 0) is 47.0 Å². The number of nitrogens with zero attached hydrogens (tertiary/aromatic N) is 2. The summed E-state index contributed by atoms with van der Waals surface area (Å²) in [7, 11) is 0. The van der Waals surface area contributed by atoms with Crippen molar-refractivity contribution in [1.82, 2.24) is 9.88 Å². The van der Waals surface area contributed by atoms with Crippen molar-refractivity contribution in [3.63, 3.8) is 0 Å². The molecule has 3 aromatic heterocycles. The first-order chi connectivity index (χ1) is 12.2. The lowest BCUT2D eigenvalue weighted by Gasteiger charge is -2.34. The summed E-state index contributed by atoms with van der Waals surface area (Å²) < 4.78 is 0. The number of amides is 1. The minimum absolute atomic E-state index is 0.0739. The molecule has 0 unspecified atom stereocenters. The van der Waals surface area contributed by atoms with E-state index in [2.05, 4.69) is 44.2 Å². The van der Waals surface area contributed by atoms with Crippen LogP contribution in [0, 0.1) is 0 Å². The largest absolute Gasteiger partial charge is 0.322 e. The molecule has 3 aromatic rings. The summed E-state index contributed by atoms with van der Waals surface area (Å²) in [4.78, 5) is 21.5. The van der Waals surface area contributed by atoms with E-state index in [0.29, 0.717) is 17.4 Å². The number of rotatable bonds is 4. The van der Waals surface area contributed by atoms with Crippen LogP contribution >= 0.6 is 34.3 Å². The van der Waals surface area contributed by atoms with Gasteiger partial charge in [-0.1, -0.05) is 17.7 Å². The zero-order valence-corrected chi connectivity index (χ0v) is 15.7. The SMILES string of the molecule is O=C(CN1CCc2sccc2[C@H]1c1cccs1)Nc1cccnc1Cl. The lowest BCUT2D eigenvalue weighted by molar-refractivity contribution is -0.117. The van der Waals surface area contributed by atoms with Crippen molar-refractivity contribution < 1.29 is 4.79 Å². The van der Waals surface area contributed by atoms with Crippen molar-refractivity contribution in [1.29, 1.82) is 0 Å². The third kappa shape index (κ3) is 3.48. The highest BCUT2D eigenvalue weighted by atomic mass is 35.5. The molecule has 4 rings (SSSR count). The molecule has 0 fully saturated rings. The van der Waals surface area contributed by atoms with E-state index >= 15 is 0 Å². The highest BCUT2D eigenvalue weighted by Crippen LogP contribution is 2.39. The second-order valence-electron chi connectivity index (χ2n) is 5.83. The maximum Gasteiger partial charge on any atom is 0.238 e. The van der Waals surface area contributed by atoms with E-state index in [9.17, 15) is 4.79 Å². The van der Waals surface area contributed by atoms with E-state index < -0.39 is 0 Å². The Labute approximate surface area is 159 Å². The van der Waals surface area contributed by atoms with Crippen LogP contribution in [0.15, 0.2) is 47.3 Å². The van der Waals surface area contributed by atoms with E-state index in [1.165, 1.54) is 15.3 Å². The minimum Gasteiger partial charge on any atom is -0.322 e. The fraction of sp³-hybridized carbons (Fsp3) is 0.222. The van der Waals surface area contributed by atoms with Gasteiger partial charge in [-0.3, -0.25) is 9.69 Å². The second kappa shape index (κ2) is 7.25. The van der Waals surface area contributed by atoms with Crippen LogP contribution < -0.4 is 5.32 Å². The minimum atomic E-state index is -0.0739. The number of carbonyl (C=O) groups is 1. The molecule has 4 heterocycles. The number of aromatic nitrogens is 1. The number of pyridine rings is 1. The number of fused-ring (bicyclic) bond motifs is 1. The molecule has 0 spiro atoms. The van der Waals surface area contributed by atoms with Gasteiger partial charge in [-0.15, -0.1) is 22.7 Å². The zero-order valence-electron chi connectivity index (χ0n) is 13.3. The van der Waals surface area contributed by atoms with Crippen molar-refractivity contribution in [3.05, 3.63) is 67.8 Å². The molecule has 1 atom stereocenters. The third-order valence-corrected chi connectivity index (χ3v) is 6.48. The first-order valence-corrected chi connectivity index (χ1v) is 10.1. The lowest BCUT2D eigenvalue weighted by Crippen LogP contribution is -2.40. The lowest BCUT2D eigenvalue weighted by atomic mass is 9.98. The first kappa shape index (κ1) is 16.7. The summed E-state index contributed by atoms with van der Waals surface area (Å²) in [5.41, 5.74) is 1.88. The Hall–Kier alpha value is -1.73. The molecule has 0 radical (unpaired) electrons. The Morgan fingerprint density at radius 1 is 1.28 bits per heavy atom. The number of nitrogens with one attached hydrogen (secondary N) is 1. The highest BCUT2D eigenvalue weighted by molar-refractivity contribution is 7.10. The summed E-state index contributed by atoms with van der Waals surface area (Å²) in [5.74, 6) is -0.0739. The molecule has 7 heteroatoms. The second-order valence-corrected chi connectivity index (χ2v) is 8.17. The average Bonchev–Trinajstić information content (AvgIpc) is 3.28. The van der Waals surface area contributed by atoms with Gasteiger partial charge in [0.15, 0.2) is 5.15 Å². The number of thiophene rings is 2. The quantitative estimate of drug-likeness (QED) is 0.671. The van der Waals surface area contributed by atoms with Crippen LogP contribution in [0.5, 0.6) is 0 Å². The topological polar surface area (TPSA) is 45.2 Å². The first-order valence-electron chi connectivity index (χ1n) is 7.96. The monoisotopic (exact) mass is 389 g/mol. The molecule has 0 saturated heterocycles.